The quantitative estimate of drug-likeness (QED) is 0.609. The third kappa shape index (κ3) is 5.41. The highest BCUT2D eigenvalue weighted by molar-refractivity contribution is 5.77. The van der Waals surface area contributed by atoms with Gasteiger partial charge in [-0.15, -0.1) is 0 Å². The number of aromatic nitrogens is 1. The van der Waals surface area contributed by atoms with Gasteiger partial charge in [0.15, 0.2) is 0 Å². The summed E-state index contributed by atoms with van der Waals surface area (Å²) in [5, 5.41) is 2.64. The number of rotatable bonds is 9. The Morgan fingerprint density at radius 2 is 2.13 bits per heavy atom. The van der Waals surface area contributed by atoms with Gasteiger partial charge in [-0.25, -0.2) is 4.98 Å². The van der Waals surface area contributed by atoms with Crippen LogP contribution in [0.4, 0.5) is 19.0 Å². The molecule has 2 saturated heterocycles. The van der Waals surface area contributed by atoms with E-state index in [0.29, 0.717) is 51.3 Å². The van der Waals surface area contributed by atoms with E-state index in [0.717, 1.165) is 5.56 Å². The smallest absolute Gasteiger partial charge is 0.383 e. The molecule has 2 aliphatic heterocycles. The molecule has 30 heavy (non-hydrogen) atoms. The van der Waals surface area contributed by atoms with E-state index in [1.54, 1.807) is 29.2 Å². The Kier molecular flexibility index (Phi) is 7.17. The van der Waals surface area contributed by atoms with Crippen LogP contribution in [0.2, 0.25) is 0 Å². The average Bonchev–Trinajstić information content (AvgIpc) is 3.16. The van der Waals surface area contributed by atoms with Gasteiger partial charge in [0.1, 0.15) is 5.82 Å². The first-order valence-corrected chi connectivity index (χ1v) is 10.1. The predicted molar refractivity (Wildman–Crippen MR) is 104 cm³/mol. The van der Waals surface area contributed by atoms with E-state index in [1.165, 1.54) is 0 Å². The molecule has 0 spiro atoms. The molecule has 7 nitrogen and oxygen atoms in total. The molecule has 0 saturated carbocycles. The summed E-state index contributed by atoms with van der Waals surface area (Å²) >= 11 is 0. The molecule has 3 heterocycles. The minimum Gasteiger partial charge on any atom is -0.383 e. The molecule has 0 aromatic carbocycles. The number of hydrogen-bond donors (Lipinski definition) is 1. The Morgan fingerprint density at radius 1 is 1.37 bits per heavy atom. The molecule has 3 rings (SSSR count). The third-order valence-corrected chi connectivity index (χ3v) is 5.83. The maximum absolute atomic E-state index is 12.8. The average molecular weight is 428 g/mol. The van der Waals surface area contributed by atoms with E-state index in [1.807, 2.05) is 6.07 Å². The second-order valence-electron chi connectivity index (χ2n) is 7.89. The van der Waals surface area contributed by atoms with Crippen LogP contribution in [0.5, 0.6) is 0 Å². The third-order valence-electron chi connectivity index (χ3n) is 5.83. The zero-order chi connectivity index (χ0) is 21.7. The van der Waals surface area contributed by atoms with Crippen molar-refractivity contribution in [3.8, 4) is 0 Å². The Labute approximate surface area is 173 Å². The van der Waals surface area contributed by atoms with Crippen molar-refractivity contribution in [1.82, 2.24) is 15.2 Å². The molecular weight excluding hydrogens is 401 g/mol. The number of nitrogens with zero attached hydrogens (tertiary/aromatic N) is 3. The van der Waals surface area contributed by atoms with Gasteiger partial charge >= 0.3 is 6.18 Å². The summed E-state index contributed by atoms with van der Waals surface area (Å²) < 4.78 is 43.6. The van der Waals surface area contributed by atoms with Crippen molar-refractivity contribution >= 4 is 18.1 Å². The first kappa shape index (κ1) is 22.3. The number of halogens is 3. The predicted octanol–water partition coefficient (Wildman–Crippen LogP) is 1.94. The Balaban J connectivity index is 1.44. The van der Waals surface area contributed by atoms with Crippen molar-refractivity contribution < 1.29 is 27.5 Å². The maximum atomic E-state index is 12.8. The number of ether oxygens (including phenoxy) is 1. The van der Waals surface area contributed by atoms with Gasteiger partial charge in [0, 0.05) is 51.8 Å². The Morgan fingerprint density at radius 3 is 2.70 bits per heavy atom. The molecule has 2 unspecified atom stereocenters. The Hall–Kier alpha value is -2.36. The maximum Gasteiger partial charge on any atom is 0.393 e. The van der Waals surface area contributed by atoms with Gasteiger partial charge in [-0.05, 0) is 24.5 Å². The standard InChI is InChI=1S/C20H27F3N4O3/c1-30-12-17(25-13-28)3-5-19(29)27-9-15(10-27)14-2-4-18(24-8-14)26-7-6-16(11-26)20(21,22)23/h2,4,8,13,15-17H,3,5-7,9-12H2,1H3,(H,25,28). The molecule has 2 atom stereocenters. The van der Waals surface area contributed by atoms with Crippen molar-refractivity contribution in [1.29, 1.82) is 0 Å². The van der Waals surface area contributed by atoms with Gasteiger partial charge in [0.25, 0.3) is 0 Å². The lowest BCUT2D eigenvalue weighted by Crippen LogP contribution is -2.48. The van der Waals surface area contributed by atoms with Gasteiger partial charge < -0.3 is 19.9 Å². The summed E-state index contributed by atoms with van der Waals surface area (Å²) in [5.41, 5.74) is 0.981. The van der Waals surface area contributed by atoms with Gasteiger partial charge in [-0.2, -0.15) is 13.2 Å². The van der Waals surface area contributed by atoms with Crippen LogP contribution in [0.1, 0.15) is 30.7 Å². The van der Waals surface area contributed by atoms with E-state index in [2.05, 4.69) is 10.3 Å². The van der Waals surface area contributed by atoms with Crippen LogP contribution in [0.25, 0.3) is 0 Å². The molecule has 0 bridgehead atoms. The van der Waals surface area contributed by atoms with Crippen LogP contribution in [-0.2, 0) is 14.3 Å². The lowest BCUT2D eigenvalue weighted by Gasteiger charge is -2.39. The fraction of sp³-hybridized carbons (Fsp3) is 0.650. The fourth-order valence-electron chi connectivity index (χ4n) is 3.92. The van der Waals surface area contributed by atoms with E-state index >= 15 is 0 Å². The highest BCUT2D eigenvalue weighted by Gasteiger charge is 2.43. The number of carbonyl (C=O) groups is 2. The molecule has 0 aliphatic carbocycles. The van der Waals surface area contributed by atoms with Gasteiger partial charge in [-0.3, -0.25) is 9.59 Å². The normalized spacial score (nSPS) is 20.7. The lowest BCUT2D eigenvalue weighted by molar-refractivity contribution is -0.168. The minimum absolute atomic E-state index is 0.0277. The molecule has 0 radical (unpaired) electrons. The lowest BCUT2D eigenvalue weighted by atomic mass is 9.92. The van der Waals surface area contributed by atoms with Crippen molar-refractivity contribution in [2.75, 3.05) is 44.8 Å². The van der Waals surface area contributed by atoms with Crippen molar-refractivity contribution in [2.45, 2.75) is 37.4 Å². The minimum atomic E-state index is -4.16. The van der Waals surface area contributed by atoms with Crippen LogP contribution in [0.15, 0.2) is 18.3 Å². The zero-order valence-electron chi connectivity index (χ0n) is 16.9. The largest absolute Gasteiger partial charge is 0.393 e. The number of anilines is 1. The van der Waals surface area contributed by atoms with E-state index in [-0.39, 0.29) is 30.8 Å². The molecule has 166 valence electrons. The number of nitrogens with one attached hydrogen (secondary N) is 1. The number of likely N-dealkylation sites (tertiary alicyclic amines) is 1. The number of pyridine rings is 1. The number of alkyl halides is 3. The SMILES string of the molecule is COCC(CCC(=O)N1CC(c2ccc(N3CCC(C(F)(F)F)C3)nc2)C1)NC=O. The van der Waals surface area contributed by atoms with Crippen LogP contribution < -0.4 is 10.2 Å². The number of carbonyl (C=O) groups excluding carboxylic acids is 2. The topological polar surface area (TPSA) is 74.8 Å². The molecule has 1 aromatic rings. The van der Waals surface area contributed by atoms with E-state index in [4.69, 9.17) is 4.74 Å². The molecule has 1 N–H and O–H groups in total. The monoisotopic (exact) mass is 428 g/mol. The number of amides is 2. The molecular formula is C20H27F3N4O3. The van der Waals surface area contributed by atoms with Crippen LogP contribution in [0, 0.1) is 5.92 Å². The second kappa shape index (κ2) is 9.63. The summed E-state index contributed by atoms with van der Waals surface area (Å²) in [6.07, 6.45) is -0.920. The van der Waals surface area contributed by atoms with E-state index < -0.39 is 12.1 Å². The molecule has 2 amide bonds. The molecule has 1 aromatic heterocycles. The highest BCUT2D eigenvalue weighted by atomic mass is 19.4. The van der Waals surface area contributed by atoms with Crippen molar-refractivity contribution in [2.24, 2.45) is 5.92 Å². The molecule has 2 fully saturated rings. The summed E-state index contributed by atoms with van der Waals surface area (Å²) in [6.45, 7) is 1.84. The van der Waals surface area contributed by atoms with Gasteiger partial charge in [0.05, 0.1) is 18.6 Å². The highest BCUT2D eigenvalue weighted by Crippen LogP contribution is 2.35. The second-order valence-corrected chi connectivity index (χ2v) is 7.89. The summed E-state index contributed by atoms with van der Waals surface area (Å²) in [7, 11) is 1.54. The van der Waals surface area contributed by atoms with Crippen LogP contribution in [-0.4, -0.2) is 74.3 Å². The first-order valence-electron chi connectivity index (χ1n) is 10.1. The van der Waals surface area contributed by atoms with E-state index in [9.17, 15) is 22.8 Å². The fourth-order valence-corrected chi connectivity index (χ4v) is 3.92. The summed E-state index contributed by atoms with van der Waals surface area (Å²) in [6, 6.07) is 3.46. The van der Waals surface area contributed by atoms with Gasteiger partial charge in [0.2, 0.25) is 12.3 Å². The number of hydrogen-bond acceptors (Lipinski definition) is 5. The Bertz CT molecular complexity index is 723. The summed E-state index contributed by atoms with van der Waals surface area (Å²) in [5.74, 6) is -0.528. The first-order chi connectivity index (χ1) is 14.3. The number of methoxy groups -OCH3 is 1. The van der Waals surface area contributed by atoms with Crippen LogP contribution in [0.3, 0.4) is 0 Å². The van der Waals surface area contributed by atoms with Gasteiger partial charge in [-0.1, -0.05) is 6.07 Å². The molecule has 2 aliphatic rings. The molecule has 10 heteroatoms. The van der Waals surface area contributed by atoms with Crippen LogP contribution >= 0.6 is 0 Å². The van der Waals surface area contributed by atoms with Crippen molar-refractivity contribution in [3.05, 3.63) is 23.9 Å². The summed E-state index contributed by atoms with van der Waals surface area (Å²) in [4.78, 5) is 30.7. The zero-order valence-corrected chi connectivity index (χ0v) is 16.9. The van der Waals surface area contributed by atoms with Crippen molar-refractivity contribution in [3.63, 3.8) is 0 Å².